The number of urea groups is 1. The minimum absolute atomic E-state index is 0.0214. The van der Waals surface area contributed by atoms with E-state index in [1.54, 1.807) is 0 Å². The van der Waals surface area contributed by atoms with Gasteiger partial charge in [0, 0.05) is 24.5 Å². The van der Waals surface area contributed by atoms with Crippen molar-refractivity contribution in [2.75, 3.05) is 17.2 Å². The zero-order valence-electron chi connectivity index (χ0n) is 17.9. The Kier molecular flexibility index (Phi) is 6.79. The van der Waals surface area contributed by atoms with Gasteiger partial charge < -0.3 is 16.0 Å². The summed E-state index contributed by atoms with van der Waals surface area (Å²) < 4.78 is 0. The number of anilines is 2. The van der Waals surface area contributed by atoms with Crippen LogP contribution in [-0.2, 0) is 11.3 Å². The lowest BCUT2D eigenvalue weighted by atomic mass is 9.94. The molecule has 0 aromatic heterocycles. The number of aryl methyl sites for hydroxylation is 1. The zero-order valence-corrected chi connectivity index (χ0v) is 17.9. The molecule has 3 amide bonds. The molecule has 0 aliphatic carbocycles. The third-order valence-corrected chi connectivity index (χ3v) is 5.40. The second kappa shape index (κ2) is 10.1. The van der Waals surface area contributed by atoms with E-state index in [1.165, 1.54) is 0 Å². The molecule has 1 aliphatic rings. The van der Waals surface area contributed by atoms with Crippen molar-refractivity contribution in [3.05, 3.63) is 95.6 Å². The molecule has 1 aliphatic heterocycles. The van der Waals surface area contributed by atoms with Gasteiger partial charge in [-0.2, -0.15) is 0 Å². The largest absolute Gasteiger partial charge is 0.352 e. The number of hydrogen-bond donors (Lipinski definition) is 5. The van der Waals surface area contributed by atoms with Crippen molar-refractivity contribution in [1.29, 1.82) is 0 Å². The van der Waals surface area contributed by atoms with Gasteiger partial charge in [0.2, 0.25) is 5.91 Å². The van der Waals surface area contributed by atoms with Gasteiger partial charge in [-0.25, -0.2) is 10.2 Å². The molecule has 32 heavy (non-hydrogen) atoms. The maximum absolute atomic E-state index is 12.8. The normalized spacial score (nSPS) is 17.5. The highest BCUT2D eigenvalue weighted by molar-refractivity contribution is 5.99. The molecule has 1 fully saturated rings. The lowest BCUT2D eigenvalue weighted by Crippen LogP contribution is -2.34. The Morgan fingerprint density at radius 1 is 0.906 bits per heavy atom. The number of hydrogen-bond acceptors (Lipinski definition) is 4. The highest BCUT2D eigenvalue weighted by Gasteiger charge is 2.33. The zero-order chi connectivity index (χ0) is 22.3. The fourth-order valence-corrected chi connectivity index (χ4v) is 3.81. The van der Waals surface area contributed by atoms with Gasteiger partial charge >= 0.3 is 6.03 Å². The molecule has 1 heterocycles. The molecule has 7 nitrogen and oxygen atoms in total. The molecule has 4 rings (SSSR count). The third kappa shape index (κ3) is 5.51. The average Bonchev–Trinajstić information content (AvgIpc) is 3.28. The molecule has 5 N–H and O–H groups in total. The first kappa shape index (κ1) is 21.5. The number of carbonyl (C=O) groups excluding carboxylic acids is 2. The fraction of sp³-hybridized carbons (Fsp3) is 0.200. The lowest BCUT2D eigenvalue weighted by Gasteiger charge is -2.18. The fourth-order valence-electron chi connectivity index (χ4n) is 3.81. The Bertz CT molecular complexity index is 1090. The van der Waals surface area contributed by atoms with Crippen molar-refractivity contribution < 1.29 is 9.59 Å². The number of amides is 3. The van der Waals surface area contributed by atoms with Gasteiger partial charge in [-0.05, 0) is 47.9 Å². The van der Waals surface area contributed by atoms with E-state index in [4.69, 9.17) is 0 Å². The van der Waals surface area contributed by atoms with Crippen LogP contribution in [0.15, 0.2) is 78.9 Å². The molecule has 1 saturated heterocycles. The maximum Gasteiger partial charge on any atom is 0.323 e. The molecule has 164 valence electrons. The Hall–Kier alpha value is -3.68. The summed E-state index contributed by atoms with van der Waals surface area (Å²) in [5, 5.41) is 8.68. The molecular formula is C25H27N5O2. The van der Waals surface area contributed by atoms with Crippen molar-refractivity contribution in [2.45, 2.75) is 19.5 Å². The molecule has 2 atom stereocenters. The van der Waals surface area contributed by atoms with E-state index in [1.807, 2.05) is 85.8 Å². The molecular weight excluding hydrogens is 402 g/mol. The van der Waals surface area contributed by atoms with E-state index < -0.39 is 0 Å². The summed E-state index contributed by atoms with van der Waals surface area (Å²) in [6.45, 7) is 2.92. The summed E-state index contributed by atoms with van der Waals surface area (Å²) in [7, 11) is 0. The predicted octanol–water partition coefficient (Wildman–Crippen LogP) is 3.72. The van der Waals surface area contributed by atoms with Crippen LogP contribution < -0.4 is 26.8 Å². The SMILES string of the molecule is Cc1cccc(NC(=O)Nc2cccc(CNC(=O)C3CNNC3c3ccccc3)c2)c1. The van der Waals surface area contributed by atoms with Crippen molar-refractivity contribution in [2.24, 2.45) is 5.92 Å². The highest BCUT2D eigenvalue weighted by Crippen LogP contribution is 2.25. The van der Waals surface area contributed by atoms with E-state index in [0.717, 1.165) is 22.4 Å². The first-order valence-electron chi connectivity index (χ1n) is 10.6. The van der Waals surface area contributed by atoms with Gasteiger partial charge in [0.1, 0.15) is 0 Å². The van der Waals surface area contributed by atoms with Gasteiger partial charge in [0.15, 0.2) is 0 Å². The summed E-state index contributed by atoms with van der Waals surface area (Å²) in [4.78, 5) is 25.1. The third-order valence-electron chi connectivity index (χ3n) is 5.40. The van der Waals surface area contributed by atoms with Crippen LogP contribution in [0.2, 0.25) is 0 Å². The average molecular weight is 430 g/mol. The van der Waals surface area contributed by atoms with Crippen molar-refractivity contribution in [1.82, 2.24) is 16.2 Å². The van der Waals surface area contributed by atoms with Crippen molar-refractivity contribution in [3.63, 3.8) is 0 Å². The monoisotopic (exact) mass is 429 g/mol. The second-order valence-corrected chi connectivity index (χ2v) is 7.89. The minimum Gasteiger partial charge on any atom is -0.352 e. The second-order valence-electron chi connectivity index (χ2n) is 7.89. The highest BCUT2D eigenvalue weighted by atomic mass is 16.2. The first-order chi connectivity index (χ1) is 15.6. The molecule has 0 saturated carbocycles. The number of rotatable bonds is 6. The quantitative estimate of drug-likeness (QED) is 0.413. The first-order valence-corrected chi connectivity index (χ1v) is 10.6. The van der Waals surface area contributed by atoms with Crippen LogP contribution in [0, 0.1) is 12.8 Å². The van der Waals surface area contributed by atoms with E-state index in [2.05, 4.69) is 26.8 Å². The van der Waals surface area contributed by atoms with Crippen LogP contribution in [0.25, 0.3) is 0 Å². The van der Waals surface area contributed by atoms with Crippen LogP contribution >= 0.6 is 0 Å². The summed E-state index contributed by atoms with van der Waals surface area (Å²) in [6.07, 6.45) is 0. The lowest BCUT2D eigenvalue weighted by molar-refractivity contribution is -0.125. The van der Waals surface area contributed by atoms with Crippen molar-refractivity contribution in [3.8, 4) is 0 Å². The molecule has 7 heteroatoms. The van der Waals surface area contributed by atoms with Crippen molar-refractivity contribution >= 4 is 23.3 Å². The van der Waals surface area contributed by atoms with E-state index >= 15 is 0 Å². The summed E-state index contributed by atoms with van der Waals surface area (Å²) >= 11 is 0. The van der Waals surface area contributed by atoms with Crippen LogP contribution in [0.4, 0.5) is 16.2 Å². The molecule has 0 radical (unpaired) electrons. The maximum atomic E-state index is 12.8. The van der Waals surface area contributed by atoms with Crippen LogP contribution in [0.1, 0.15) is 22.7 Å². The Labute approximate surface area is 187 Å². The molecule has 2 unspecified atom stereocenters. The van der Waals surface area contributed by atoms with Gasteiger partial charge in [-0.1, -0.05) is 54.6 Å². The van der Waals surface area contributed by atoms with Gasteiger partial charge in [0.25, 0.3) is 0 Å². The molecule has 3 aromatic carbocycles. The minimum atomic E-state index is -0.314. The number of nitrogens with one attached hydrogen (secondary N) is 5. The summed E-state index contributed by atoms with van der Waals surface area (Å²) in [5.41, 5.74) is 10.7. The number of hydrazine groups is 1. The van der Waals surface area contributed by atoms with E-state index in [0.29, 0.717) is 18.8 Å². The number of benzene rings is 3. The van der Waals surface area contributed by atoms with Crippen LogP contribution in [0.3, 0.4) is 0 Å². The van der Waals surface area contributed by atoms with Crippen LogP contribution in [-0.4, -0.2) is 18.5 Å². The number of carbonyl (C=O) groups is 2. The summed E-state index contributed by atoms with van der Waals surface area (Å²) in [5.74, 6) is -0.231. The molecule has 3 aromatic rings. The Morgan fingerprint density at radius 3 is 2.38 bits per heavy atom. The Morgan fingerprint density at radius 2 is 1.62 bits per heavy atom. The van der Waals surface area contributed by atoms with E-state index in [9.17, 15) is 9.59 Å². The van der Waals surface area contributed by atoms with Gasteiger partial charge in [-0.15, -0.1) is 0 Å². The van der Waals surface area contributed by atoms with Gasteiger partial charge in [0.05, 0.1) is 12.0 Å². The molecule has 0 spiro atoms. The Balaban J connectivity index is 1.32. The van der Waals surface area contributed by atoms with E-state index in [-0.39, 0.29) is 23.9 Å². The topological polar surface area (TPSA) is 94.3 Å². The smallest absolute Gasteiger partial charge is 0.323 e. The standard InChI is InChI=1S/C25H27N5O2/c1-17-7-5-11-20(13-17)28-25(32)29-21-12-6-8-18(14-21)15-26-24(31)22-16-27-30-23(22)19-9-3-2-4-10-19/h2-14,22-23,27,30H,15-16H2,1H3,(H,26,31)(H2,28,29,32). The predicted molar refractivity (Wildman–Crippen MR) is 126 cm³/mol. The molecule has 0 bridgehead atoms. The van der Waals surface area contributed by atoms with Gasteiger partial charge in [-0.3, -0.25) is 10.2 Å². The van der Waals surface area contributed by atoms with Crippen LogP contribution in [0.5, 0.6) is 0 Å². The summed E-state index contributed by atoms with van der Waals surface area (Å²) in [6, 6.07) is 24.6.